The van der Waals surface area contributed by atoms with Crippen LogP contribution in [0.4, 0.5) is 0 Å². The van der Waals surface area contributed by atoms with Crippen molar-refractivity contribution in [1.29, 1.82) is 0 Å². The van der Waals surface area contributed by atoms with Crippen molar-refractivity contribution in [2.45, 2.75) is 31.6 Å². The van der Waals surface area contributed by atoms with E-state index < -0.39 is 11.5 Å². The molecule has 1 rings (SSSR count). The zero-order chi connectivity index (χ0) is 15.2. The number of thioether (sulfide) groups is 1. The van der Waals surface area contributed by atoms with Crippen LogP contribution in [0.1, 0.15) is 25.8 Å². The molecule has 0 saturated carbocycles. The van der Waals surface area contributed by atoms with Crippen LogP contribution >= 0.6 is 23.4 Å². The molecule has 20 heavy (non-hydrogen) atoms. The van der Waals surface area contributed by atoms with Crippen molar-refractivity contribution >= 4 is 35.2 Å². The average molecular weight is 316 g/mol. The highest BCUT2D eigenvalue weighted by molar-refractivity contribution is 7.99. The van der Waals surface area contributed by atoms with Crippen LogP contribution in [0.3, 0.4) is 0 Å². The predicted octanol–water partition coefficient (Wildman–Crippen LogP) is 2.94. The molecule has 110 valence electrons. The van der Waals surface area contributed by atoms with E-state index in [9.17, 15) is 9.59 Å². The van der Waals surface area contributed by atoms with E-state index >= 15 is 0 Å². The van der Waals surface area contributed by atoms with Crippen molar-refractivity contribution in [2.24, 2.45) is 0 Å². The number of hydrogen-bond acceptors (Lipinski definition) is 3. The zero-order valence-corrected chi connectivity index (χ0v) is 13.1. The fourth-order valence-corrected chi connectivity index (χ4v) is 2.39. The van der Waals surface area contributed by atoms with Crippen LogP contribution in [0.15, 0.2) is 24.3 Å². The lowest BCUT2D eigenvalue weighted by atomic mass is 9.99. The summed E-state index contributed by atoms with van der Waals surface area (Å²) in [6.45, 7) is 3.24. The monoisotopic (exact) mass is 315 g/mol. The summed E-state index contributed by atoms with van der Waals surface area (Å²) in [5.41, 5.74) is -0.124. The van der Waals surface area contributed by atoms with E-state index in [0.29, 0.717) is 17.2 Å². The van der Waals surface area contributed by atoms with Gasteiger partial charge in [-0.2, -0.15) is 0 Å². The van der Waals surface area contributed by atoms with Gasteiger partial charge in [-0.3, -0.25) is 4.79 Å². The molecular weight excluding hydrogens is 298 g/mol. The highest BCUT2D eigenvalue weighted by Gasteiger charge is 2.32. The molecule has 0 saturated heterocycles. The van der Waals surface area contributed by atoms with Crippen LogP contribution in [0, 0.1) is 0 Å². The second-order valence-electron chi connectivity index (χ2n) is 4.66. The number of carbonyl (C=O) groups is 2. The van der Waals surface area contributed by atoms with Crippen LogP contribution in [0.2, 0.25) is 5.02 Å². The molecule has 1 aromatic rings. The third kappa shape index (κ3) is 5.06. The van der Waals surface area contributed by atoms with Gasteiger partial charge >= 0.3 is 5.97 Å². The fourth-order valence-electron chi connectivity index (χ4n) is 1.48. The summed E-state index contributed by atoms with van der Waals surface area (Å²) in [5, 5.41) is 12.3. The first-order chi connectivity index (χ1) is 9.37. The van der Waals surface area contributed by atoms with Crippen molar-refractivity contribution < 1.29 is 14.7 Å². The number of aliphatic carboxylic acids is 1. The van der Waals surface area contributed by atoms with Gasteiger partial charge in [0.2, 0.25) is 5.91 Å². The Bertz CT molecular complexity index is 478. The molecule has 0 bridgehead atoms. The topological polar surface area (TPSA) is 66.4 Å². The molecule has 0 radical (unpaired) electrons. The van der Waals surface area contributed by atoms with Gasteiger partial charge in [0.25, 0.3) is 0 Å². The van der Waals surface area contributed by atoms with E-state index in [1.54, 1.807) is 19.1 Å². The number of benzene rings is 1. The number of amides is 1. The maximum Gasteiger partial charge on any atom is 0.329 e. The van der Waals surface area contributed by atoms with Crippen molar-refractivity contribution in [3.05, 3.63) is 34.9 Å². The third-order valence-electron chi connectivity index (χ3n) is 3.01. The fraction of sp³-hybridized carbons (Fsp3) is 0.429. The summed E-state index contributed by atoms with van der Waals surface area (Å²) in [7, 11) is 0. The molecule has 0 fully saturated rings. The Balaban J connectivity index is 2.40. The van der Waals surface area contributed by atoms with Crippen LogP contribution in [0.5, 0.6) is 0 Å². The Morgan fingerprint density at radius 1 is 1.35 bits per heavy atom. The average Bonchev–Trinajstić information content (AvgIpc) is 2.40. The molecule has 0 aromatic heterocycles. The molecule has 0 aliphatic heterocycles. The quantitative estimate of drug-likeness (QED) is 0.812. The maximum absolute atomic E-state index is 11.7. The molecule has 1 atom stereocenters. The lowest BCUT2D eigenvalue weighted by Crippen LogP contribution is -2.52. The number of nitrogens with one attached hydrogen (secondary N) is 1. The zero-order valence-electron chi connectivity index (χ0n) is 11.5. The second kappa shape index (κ2) is 7.55. The third-order valence-corrected chi connectivity index (χ3v) is 4.27. The molecule has 0 heterocycles. The summed E-state index contributed by atoms with van der Waals surface area (Å²) < 4.78 is 0. The lowest BCUT2D eigenvalue weighted by Gasteiger charge is -2.24. The van der Waals surface area contributed by atoms with E-state index in [1.165, 1.54) is 18.7 Å². The molecule has 2 N–H and O–H groups in total. The number of carboxylic acids is 1. The first kappa shape index (κ1) is 16.9. The molecule has 1 aromatic carbocycles. The minimum atomic E-state index is -1.20. The highest BCUT2D eigenvalue weighted by Crippen LogP contribution is 2.16. The van der Waals surface area contributed by atoms with E-state index in [1.807, 2.05) is 12.1 Å². The lowest BCUT2D eigenvalue weighted by molar-refractivity contribution is -0.146. The molecule has 0 aliphatic carbocycles. The SMILES string of the molecule is CC[C@](C)(NC(=O)CSCc1ccc(Cl)cc1)C(=O)O. The van der Waals surface area contributed by atoms with Gasteiger partial charge in [-0.25, -0.2) is 4.79 Å². The first-order valence-corrected chi connectivity index (χ1v) is 7.77. The predicted molar refractivity (Wildman–Crippen MR) is 82.1 cm³/mol. The first-order valence-electron chi connectivity index (χ1n) is 6.24. The van der Waals surface area contributed by atoms with Gasteiger partial charge < -0.3 is 10.4 Å². The Hall–Kier alpha value is -1.20. The maximum atomic E-state index is 11.7. The smallest absolute Gasteiger partial charge is 0.329 e. The summed E-state index contributed by atoms with van der Waals surface area (Å²) in [5.74, 6) is -0.377. The van der Waals surface area contributed by atoms with Crippen molar-refractivity contribution in [3.8, 4) is 0 Å². The van der Waals surface area contributed by atoms with E-state index in [0.717, 1.165) is 5.56 Å². The van der Waals surface area contributed by atoms with Gasteiger partial charge in [-0.05, 0) is 31.0 Å². The van der Waals surface area contributed by atoms with Crippen LogP contribution in [-0.4, -0.2) is 28.3 Å². The van der Waals surface area contributed by atoms with E-state index in [-0.39, 0.29) is 11.7 Å². The van der Waals surface area contributed by atoms with Gasteiger partial charge in [-0.1, -0.05) is 30.7 Å². The van der Waals surface area contributed by atoms with Gasteiger partial charge in [0.1, 0.15) is 5.54 Å². The molecule has 1 amide bonds. The number of carboxylic acid groups (broad SMARTS) is 1. The summed E-state index contributed by atoms with van der Waals surface area (Å²) in [6.07, 6.45) is 0.343. The van der Waals surface area contributed by atoms with Gasteiger partial charge in [0.05, 0.1) is 5.75 Å². The van der Waals surface area contributed by atoms with Crippen LogP contribution in [0.25, 0.3) is 0 Å². The van der Waals surface area contributed by atoms with Gasteiger partial charge in [0, 0.05) is 10.8 Å². The van der Waals surface area contributed by atoms with Crippen LogP contribution in [-0.2, 0) is 15.3 Å². The number of hydrogen-bond donors (Lipinski definition) is 2. The van der Waals surface area contributed by atoms with Gasteiger partial charge in [0.15, 0.2) is 0 Å². The Morgan fingerprint density at radius 2 is 1.95 bits per heavy atom. The Morgan fingerprint density at radius 3 is 2.45 bits per heavy atom. The molecule has 4 nitrogen and oxygen atoms in total. The summed E-state index contributed by atoms with van der Waals surface area (Å²) in [4.78, 5) is 22.8. The molecule has 0 unspecified atom stereocenters. The summed E-state index contributed by atoms with van der Waals surface area (Å²) >= 11 is 7.22. The van der Waals surface area contributed by atoms with E-state index in [4.69, 9.17) is 16.7 Å². The minimum Gasteiger partial charge on any atom is -0.480 e. The molecule has 0 aliphatic rings. The number of rotatable bonds is 7. The molecule has 6 heteroatoms. The van der Waals surface area contributed by atoms with E-state index in [2.05, 4.69) is 5.32 Å². The Labute approximate surface area is 127 Å². The van der Waals surface area contributed by atoms with Crippen LogP contribution < -0.4 is 5.32 Å². The van der Waals surface area contributed by atoms with Crippen molar-refractivity contribution in [1.82, 2.24) is 5.32 Å². The number of halogens is 1. The van der Waals surface area contributed by atoms with Crippen molar-refractivity contribution in [3.63, 3.8) is 0 Å². The highest BCUT2D eigenvalue weighted by atomic mass is 35.5. The molecular formula is C14H18ClNO3S. The second-order valence-corrected chi connectivity index (χ2v) is 6.08. The largest absolute Gasteiger partial charge is 0.480 e. The standard InChI is InChI=1S/C14H18ClNO3S/c1-3-14(2,13(18)19)16-12(17)9-20-8-10-4-6-11(15)7-5-10/h4-7H,3,8-9H2,1-2H3,(H,16,17)(H,18,19)/t14-/m0/s1. The van der Waals surface area contributed by atoms with Crippen molar-refractivity contribution in [2.75, 3.05) is 5.75 Å². The van der Waals surface area contributed by atoms with Gasteiger partial charge in [-0.15, -0.1) is 11.8 Å². The molecule has 0 spiro atoms. The minimum absolute atomic E-state index is 0.228. The summed E-state index contributed by atoms with van der Waals surface area (Å²) in [6, 6.07) is 7.41. The Kier molecular flexibility index (Phi) is 6.36. The number of carbonyl (C=O) groups excluding carboxylic acids is 1. The normalized spacial score (nSPS) is 13.6.